The van der Waals surface area contributed by atoms with Crippen molar-refractivity contribution in [2.75, 3.05) is 0 Å². The lowest BCUT2D eigenvalue weighted by Crippen LogP contribution is -2.39. The van der Waals surface area contributed by atoms with E-state index in [0.29, 0.717) is 10.6 Å². The average molecular weight is 284 g/mol. The zero-order chi connectivity index (χ0) is 13.4. The third kappa shape index (κ3) is 3.06. The van der Waals surface area contributed by atoms with Crippen molar-refractivity contribution in [2.45, 2.75) is 26.6 Å². The molecule has 3 nitrogen and oxygen atoms in total. The molecule has 1 aromatic heterocycles. The molecule has 2 N–H and O–H groups in total. The molecule has 0 spiro atoms. The van der Waals surface area contributed by atoms with E-state index in [1.54, 1.807) is 13.8 Å². The van der Waals surface area contributed by atoms with Gasteiger partial charge in [0.1, 0.15) is 5.92 Å². The van der Waals surface area contributed by atoms with E-state index in [1.165, 1.54) is 0 Å². The molecule has 0 saturated carbocycles. The fourth-order valence-electron chi connectivity index (χ4n) is 1.34. The molecule has 0 amide bonds. The maximum atomic E-state index is 12.6. The van der Waals surface area contributed by atoms with Crippen LogP contribution in [0, 0.1) is 19.8 Å². The molecule has 1 aromatic rings. The van der Waals surface area contributed by atoms with Crippen LogP contribution in [0.2, 0.25) is 0 Å². The van der Waals surface area contributed by atoms with Gasteiger partial charge >= 0.3 is 11.0 Å². The highest BCUT2D eigenvalue weighted by Crippen LogP contribution is 2.28. The van der Waals surface area contributed by atoms with Crippen LogP contribution >= 0.6 is 23.6 Å². The van der Waals surface area contributed by atoms with Gasteiger partial charge in [-0.05, 0) is 13.8 Å². The molecule has 0 aliphatic carbocycles. The normalized spacial score (nSPS) is 13.7. The first kappa shape index (κ1) is 14.2. The quantitative estimate of drug-likeness (QED) is 0.864. The zero-order valence-corrected chi connectivity index (χ0v) is 10.8. The molecule has 0 aliphatic rings. The molecule has 1 rings (SSSR count). The second-order valence-electron chi connectivity index (χ2n) is 3.62. The van der Waals surface area contributed by atoms with Crippen molar-refractivity contribution in [3.63, 3.8) is 0 Å². The lowest BCUT2D eigenvalue weighted by atomic mass is 10.1. The van der Waals surface area contributed by atoms with E-state index in [-0.39, 0.29) is 0 Å². The van der Waals surface area contributed by atoms with Crippen molar-refractivity contribution in [1.82, 2.24) is 4.57 Å². The fourth-order valence-corrected chi connectivity index (χ4v) is 2.39. The first-order valence-corrected chi connectivity index (χ1v) is 5.90. The molecule has 0 aliphatic heterocycles. The van der Waals surface area contributed by atoms with Crippen molar-refractivity contribution in [2.24, 2.45) is 11.7 Å². The van der Waals surface area contributed by atoms with Crippen LogP contribution in [0.1, 0.15) is 10.6 Å². The van der Waals surface area contributed by atoms with Crippen LogP contribution in [0.25, 0.3) is 0 Å². The highest BCUT2D eigenvalue weighted by Gasteiger charge is 2.42. The summed E-state index contributed by atoms with van der Waals surface area (Å²) in [6, 6.07) is 0. The predicted octanol–water partition coefficient (Wildman–Crippen LogP) is 1.99. The number of hydrogen-bond acceptors (Lipinski definition) is 3. The summed E-state index contributed by atoms with van der Waals surface area (Å²) >= 11 is 5.32. The van der Waals surface area contributed by atoms with Gasteiger partial charge in [0, 0.05) is 17.1 Å². The van der Waals surface area contributed by atoms with E-state index in [1.807, 2.05) is 0 Å². The molecule has 0 aromatic carbocycles. The van der Waals surface area contributed by atoms with Gasteiger partial charge in [0.15, 0.2) is 0 Å². The molecule has 0 fully saturated rings. The molecule has 1 unspecified atom stereocenters. The first-order valence-electron chi connectivity index (χ1n) is 4.67. The van der Waals surface area contributed by atoms with Crippen molar-refractivity contribution in [3.8, 4) is 0 Å². The maximum Gasteiger partial charge on any atom is 0.399 e. The minimum atomic E-state index is -4.53. The van der Waals surface area contributed by atoms with Crippen LogP contribution in [0.3, 0.4) is 0 Å². The van der Waals surface area contributed by atoms with Gasteiger partial charge in [-0.3, -0.25) is 4.79 Å². The van der Waals surface area contributed by atoms with Gasteiger partial charge < -0.3 is 10.3 Å². The van der Waals surface area contributed by atoms with Crippen molar-refractivity contribution >= 4 is 28.5 Å². The largest absolute Gasteiger partial charge is 0.399 e. The van der Waals surface area contributed by atoms with Crippen molar-refractivity contribution in [3.05, 3.63) is 20.2 Å². The standard InChI is InChI=1S/C9H11F3N2OS2/c1-4-5(2)17-8(15)14(4)3-6(7(13)16)9(10,11)12/h6H,3H2,1-2H3,(H2,13,16). The highest BCUT2D eigenvalue weighted by molar-refractivity contribution is 7.80. The van der Waals surface area contributed by atoms with Gasteiger partial charge in [-0.15, -0.1) is 0 Å². The average Bonchev–Trinajstić information content (AvgIpc) is 2.36. The molecule has 0 radical (unpaired) electrons. The number of nitrogens with zero attached hydrogens (tertiary/aromatic N) is 1. The zero-order valence-electron chi connectivity index (χ0n) is 9.17. The van der Waals surface area contributed by atoms with Crippen molar-refractivity contribution in [1.29, 1.82) is 0 Å². The molecule has 8 heteroatoms. The number of hydrogen-bond donors (Lipinski definition) is 1. The minimum Gasteiger partial charge on any atom is -0.393 e. The number of aromatic nitrogens is 1. The molecule has 1 heterocycles. The van der Waals surface area contributed by atoms with E-state index < -0.39 is 28.5 Å². The summed E-state index contributed by atoms with van der Waals surface area (Å²) in [6.07, 6.45) is -4.53. The number of alkyl halides is 3. The fraction of sp³-hybridized carbons (Fsp3) is 0.556. The van der Waals surface area contributed by atoms with Gasteiger partial charge in [-0.2, -0.15) is 13.2 Å². The Morgan fingerprint density at radius 1 is 1.53 bits per heavy atom. The molecule has 96 valence electrons. The topological polar surface area (TPSA) is 48.0 Å². The third-order valence-electron chi connectivity index (χ3n) is 2.48. The maximum absolute atomic E-state index is 12.6. The highest BCUT2D eigenvalue weighted by atomic mass is 32.1. The van der Waals surface area contributed by atoms with Gasteiger partial charge in [0.2, 0.25) is 0 Å². The second kappa shape index (κ2) is 4.77. The van der Waals surface area contributed by atoms with Gasteiger partial charge in [-0.25, -0.2) is 0 Å². The first-order chi connectivity index (χ1) is 7.64. The molecule has 1 atom stereocenters. The number of halogens is 3. The van der Waals surface area contributed by atoms with Gasteiger partial charge in [0.05, 0.1) is 4.99 Å². The van der Waals surface area contributed by atoms with E-state index in [4.69, 9.17) is 5.73 Å². The van der Waals surface area contributed by atoms with Gasteiger partial charge in [-0.1, -0.05) is 23.6 Å². The number of aryl methyl sites for hydroxylation is 1. The van der Waals surface area contributed by atoms with Crippen LogP contribution in [-0.4, -0.2) is 15.7 Å². The molecular weight excluding hydrogens is 273 g/mol. The van der Waals surface area contributed by atoms with Gasteiger partial charge in [0.25, 0.3) is 0 Å². The Labute approximate surface area is 105 Å². The smallest absolute Gasteiger partial charge is 0.393 e. The van der Waals surface area contributed by atoms with Crippen molar-refractivity contribution < 1.29 is 13.2 Å². The van der Waals surface area contributed by atoms with Crippen LogP contribution in [-0.2, 0) is 6.54 Å². The summed E-state index contributed by atoms with van der Waals surface area (Å²) in [5.74, 6) is -1.97. The van der Waals surface area contributed by atoms with Crippen LogP contribution < -0.4 is 10.6 Å². The monoisotopic (exact) mass is 284 g/mol. The SMILES string of the molecule is Cc1sc(=O)n(CC(C(N)=S)C(F)(F)F)c1C. The molecule has 0 saturated heterocycles. The second-order valence-corrected chi connectivity index (χ2v) is 5.25. The molecular formula is C9H11F3N2OS2. The molecule has 0 bridgehead atoms. The predicted molar refractivity (Wildman–Crippen MR) is 64.4 cm³/mol. The van der Waals surface area contributed by atoms with E-state index >= 15 is 0 Å². The van der Waals surface area contributed by atoms with Crippen LogP contribution in [0.5, 0.6) is 0 Å². The summed E-state index contributed by atoms with van der Waals surface area (Å²) in [6.45, 7) is 2.73. The minimum absolute atomic E-state index is 0.425. The Kier molecular flexibility index (Phi) is 3.98. The third-order valence-corrected chi connectivity index (χ3v) is 3.76. The Hall–Kier alpha value is -0.890. The Morgan fingerprint density at radius 3 is 2.35 bits per heavy atom. The van der Waals surface area contributed by atoms with Crippen LogP contribution in [0.15, 0.2) is 4.79 Å². The van der Waals surface area contributed by atoms with E-state index in [9.17, 15) is 18.0 Å². The lowest BCUT2D eigenvalue weighted by Gasteiger charge is -2.19. The van der Waals surface area contributed by atoms with E-state index in [0.717, 1.165) is 15.9 Å². The lowest BCUT2D eigenvalue weighted by molar-refractivity contribution is -0.158. The van der Waals surface area contributed by atoms with E-state index in [2.05, 4.69) is 12.2 Å². The molecule has 17 heavy (non-hydrogen) atoms. The summed E-state index contributed by atoms with van der Waals surface area (Å²) < 4.78 is 39.0. The number of thiocarbonyl (C=S) groups is 1. The van der Waals surface area contributed by atoms with Crippen LogP contribution in [0.4, 0.5) is 13.2 Å². The Bertz CT molecular complexity index is 489. The summed E-state index contributed by atoms with van der Waals surface area (Å²) in [4.78, 5) is 11.1. The summed E-state index contributed by atoms with van der Waals surface area (Å²) in [5, 5.41) is 0. The number of thiazole rings is 1. The summed E-state index contributed by atoms with van der Waals surface area (Å²) in [7, 11) is 0. The Balaban J connectivity index is 3.11. The number of nitrogens with two attached hydrogens (primary N) is 1. The summed E-state index contributed by atoms with van der Waals surface area (Å²) in [5.41, 5.74) is 5.60. The Morgan fingerprint density at radius 2 is 2.06 bits per heavy atom. The number of rotatable bonds is 3.